The number of nitrogens with zero attached hydrogens (tertiary/aromatic N) is 4. The summed E-state index contributed by atoms with van der Waals surface area (Å²) in [5, 5.41) is 9.17. The average Bonchev–Trinajstić information content (AvgIpc) is 3.07. The van der Waals surface area contributed by atoms with E-state index in [9.17, 15) is 9.59 Å². The van der Waals surface area contributed by atoms with Gasteiger partial charge in [0, 0.05) is 19.2 Å². The van der Waals surface area contributed by atoms with Gasteiger partial charge in [-0.1, -0.05) is 41.6 Å². The monoisotopic (exact) mass is 402 g/mol. The molecule has 7 nitrogen and oxygen atoms in total. The first-order chi connectivity index (χ1) is 13.5. The number of piperidine rings is 1. The van der Waals surface area contributed by atoms with E-state index in [1.54, 1.807) is 11.8 Å². The summed E-state index contributed by atoms with van der Waals surface area (Å²) >= 11 is 1.34. The second kappa shape index (κ2) is 9.23. The van der Waals surface area contributed by atoms with Gasteiger partial charge >= 0.3 is 5.97 Å². The third-order valence-corrected chi connectivity index (χ3v) is 5.86. The highest BCUT2D eigenvalue weighted by Crippen LogP contribution is 2.25. The van der Waals surface area contributed by atoms with Gasteiger partial charge in [-0.15, -0.1) is 10.2 Å². The van der Waals surface area contributed by atoms with E-state index < -0.39 is 6.04 Å². The molecule has 3 rings (SSSR count). The molecule has 2 aromatic rings. The van der Waals surface area contributed by atoms with Crippen molar-refractivity contribution in [2.75, 3.05) is 18.9 Å². The number of esters is 1. The summed E-state index contributed by atoms with van der Waals surface area (Å²) in [6.45, 7) is 4.74. The zero-order chi connectivity index (χ0) is 20.1. The van der Waals surface area contributed by atoms with Crippen molar-refractivity contribution >= 4 is 23.6 Å². The third-order valence-electron chi connectivity index (χ3n) is 4.85. The van der Waals surface area contributed by atoms with Crippen molar-refractivity contribution in [3.63, 3.8) is 0 Å². The Labute approximate surface area is 169 Å². The molecular weight excluding hydrogens is 376 g/mol. The van der Waals surface area contributed by atoms with Crippen molar-refractivity contribution in [3.05, 3.63) is 29.8 Å². The highest BCUT2D eigenvalue weighted by atomic mass is 32.2. The summed E-state index contributed by atoms with van der Waals surface area (Å²) in [4.78, 5) is 26.6. The second-order valence-electron chi connectivity index (χ2n) is 6.87. The van der Waals surface area contributed by atoms with Crippen LogP contribution in [0, 0.1) is 6.92 Å². The average molecular weight is 403 g/mol. The molecule has 0 spiro atoms. The van der Waals surface area contributed by atoms with Crippen LogP contribution in [0.5, 0.6) is 0 Å². The molecule has 1 aliphatic rings. The number of amides is 1. The minimum Gasteiger partial charge on any atom is -0.464 e. The quantitative estimate of drug-likeness (QED) is 0.546. The highest BCUT2D eigenvalue weighted by molar-refractivity contribution is 7.99. The Bertz CT molecular complexity index is 834. The van der Waals surface area contributed by atoms with Gasteiger partial charge in [0.15, 0.2) is 11.0 Å². The summed E-state index contributed by atoms with van der Waals surface area (Å²) in [6.07, 6.45) is 2.51. The molecule has 1 aliphatic heterocycles. The van der Waals surface area contributed by atoms with Crippen LogP contribution in [0.15, 0.2) is 29.4 Å². The third kappa shape index (κ3) is 4.55. The number of rotatable bonds is 6. The number of hydrogen-bond donors (Lipinski definition) is 0. The molecule has 1 amide bonds. The molecule has 0 radical (unpaired) electrons. The molecule has 0 N–H and O–H groups in total. The van der Waals surface area contributed by atoms with Gasteiger partial charge in [-0.2, -0.15) is 0 Å². The lowest BCUT2D eigenvalue weighted by atomic mass is 10.0. The van der Waals surface area contributed by atoms with Crippen molar-refractivity contribution in [1.82, 2.24) is 19.7 Å². The van der Waals surface area contributed by atoms with Gasteiger partial charge in [0.2, 0.25) is 5.91 Å². The van der Waals surface area contributed by atoms with Crippen molar-refractivity contribution < 1.29 is 14.3 Å². The number of thioether (sulfide) groups is 1. The predicted molar refractivity (Wildman–Crippen MR) is 108 cm³/mol. The van der Waals surface area contributed by atoms with Crippen LogP contribution < -0.4 is 0 Å². The Morgan fingerprint density at radius 3 is 2.68 bits per heavy atom. The van der Waals surface area contributed by atoms with Crippen molar-refractivity contribution in [2.45, 2.75) is 44.3 Å². The number of aryl methyl sites for hydroxylation is 1. The van der Waals surface area contributed by atoms with Gasteiger partial charge in [0.05, 0.1) is 12.4 Å². The largest absolute Gasteiger partial charge is 0.464 e. The van der Waals surface area contributed by atoms with Gasteiger partial charge in [-0.3, -0.25) is 4.79 Å². The predicted octanol–water partition coefficient (Wildman–Crippen LogP) is 2.83. The molecule has 0 saturated carbocycles. The molecule has 0 bridgehead atoms. The second-order valence-corrected chi connectivity index (χ2v) is 7.81. The maximum atomic E-state index is 12.8. The maximum absolute atomic E-state index is 12.8. The lowest BCUT2D eigenvalue weighted by Gasteiger charge is -2.33. The lowest BCUT2D eigenvalue weighted by molar-refractivity contribution is -0.155. The SMILES string of the molecule is CCOC(=O)[C@@H]1CCCCN1C(=O)CSc1nnc(-c2ccc(C)cc2)n1C. The Morgan fingerprint density at radius 2 is 1.96 bits per heavy atom. The Kier molecular flexibility index (Phi) is 6.72. The van der Waals surface area contributed by atoms with E-state index in [0.717, 1.165) is 24.2 Å². The topological polar surface area (TPSA) is 77.3 Å². The van der Waals surface area contributed by atoms with Crippen LogP contribution in [-0.2, 0) is 21.4 Å². The number of carbonyl (C=O) groups excluding carboxylic acids is 2. The van der Waals surface area contributed by atoms with Gasteiger partial charge in [0.25, 0.3) is 0 Å². The molecule has 1 fully saturated rings. The standard InChI is InChI=1S/C20H26N4O3S/c1-4-27-19(26)16-7-5-6-12-24(16)17(25)13-28-20-22-21-18(23(20)3)15-10-8-14(2)9-11-15/h8-11,16H,4-7,12-13H2,1-3H3/t16-/m0/s1. The summed E-state index contributed by atoms with van der Waals surface area (Å²) in [5.41, 5.74) is 2.17. The van der Waals surface area contributed by atoms with Gasteiger partial charge in [-0.05, 0) is 33.1 Å². The molecule has 150 valence electrons. The zero-order valence-electron chi connectivity index (χ0n) is 16.6. The normalized spacial score (nSPS) is 16.8. The van der Waals surface area contributed by atoms with E-state index in [4.69, 9.17) is 4.74 Å². The van der Waals surface area contributed by atoms with E-state index in [1.807, 2.05) is 42.8 Å². The number of ether oxygens (including phenoxy) is 1. The number of hydrogen-bond acceptors (Lipinski definition) is 6. The molecule has 1 atom stereocenters. The minimum atomic E-state index is -0.468. The zero-order valence-corrected chi connectivity index (χ0v) is 17.4. The van der Waals surface area contributed by atoms with Crippen LogP contribution in [-0.4, -0.2) is 56.5 Å². The fraction of sp³-hybridized carbons (Fsp3) is 0.500. The smallest absolute Gasteiger partial charge is 0.328 e. The van der Waals surface area contributed by atoms with Crippen LogP contribution in [0.25, 0.3) is 11.4 Å². The van der Waals surface area contributed by atoms with E-state index in [1.165, 1.54) is 17.3 Å². The van der Waals surface area contributed by atoms with E-state index >= 15 is 0 Å². The molecule has 2 heterocycles. The van der Waals surface area contributed by atoms with Gasteiger partial charge in [0.1, 0.15) is 6.04 Å². The summed E-state index contributed by atoms with van der Waals surface area (Å²) < 4.78 is 7.03. The molecular formula is C20H26N4O3S. The Hall–Kier alpha value is -2.35. The van der Waals surface area contributed by atoms with Crippen LogP contribution in [0.3, 0.4) is 0 Å². The number of carbonyl (C=O) groups is 2. The van der Waals surface area contributed by atoms with E-state index in [-0.39, 0.29) is 17.6 Å². The number of aromatic nitrogens is 3. The number of likely N-dealkylation sites (tertiary alicyclic amines) is 1. The molecule has 28 heavy (non-hydrogen) atoms. The fourth-order valence-corrected chi connectivity index (χ4v) is 4.11. The van der Waals surface area contributed by atoms with Crippen molar-refractivity contribution in [3.8, 4) is 11.4 Å². The van der Waals surface area contributed by atoms with Gasteiger partial charge < -0.3 is 14.2 Å². The Morgan fingerprint density at radius 1 is 1.21 bits per heavy atom. The summed E-state index contributed by atoms with van der Waals surface area (Å²) in [6, 6.07) is 7.62. The highest BCUT2D eigenvalue weighted by Gasteiger charge is 2.33. The number of benzene rings is 1. The molecule has 0 unspecified atom stereocenters. The lowest BCUT2D eigenvalue weighted by Crippen LogP contribution is -2.49. The maximum Gasteiger partial charge on any atom is 0.328 e. The van der Waals surface area contributed by atoms with Crippen LogP contribution in [0.2, 0.25) is 0 Å². The minimum absolute atomic E-state index is 0.0670. The van der Waals surface area contributed by atoms with Crippen molar-refractivity contribution in [2.24, 2.45) is 7.05 Å². The Balaban J connectivity index is 1.65. The molecule has 1 aromatic carbocycles. The van der Waals surface area contributed by atoms with E-state index in [2.05, 4.69) is 10.2 Å². The molecule has 8 heteroatoms. The van der Waals surface area contributed by atoms with E-state index in [0.29, 0.717) is 24.7 Å². The first-order valence-corrected chi connectivity index (χ1v) is 10.5. The molecule has 0 aliphatic carbocycles. The molecule has 1 aromatic heterocycles. The van der Waals surface area contributed by atoms with Crippen LogP contribution >= 0.6 is 11.8 Å². The summed E-state index contributed by atoms with van der Waals surface area (Å²) in [5.74, 6) is 0.608. The summed E-state index contributed by atoms with van der Waals surface area (Å²) in [7, 11) is 1.89. The van der Waals surface area contributed by atoms with Gasteiger partial charge in [-0.25, -0.2) is 4.79 Å². The molecule has 1 saturated heterocycles. The first kappa shape index (κ1) is 20.4. The fourth-order valence-electron chi connectivity index (χ4n) is 3.32. The van der Waals surface area contributed by atoms with Crippen LogP contribution in [0.1, 0.15) is 31.7 Å². The van der Waals surface area contributed by atoms with Crippen LogP contribution in [0.4, 0.5) is 0 Å². The van der Waals surface area contributed by atoms with Crippen molar-refractivity contribution in [1.29, 1.82) is 0 Å². The first-order valence-electron chi connectivity index (χ1n) is 9.56.